The van der Waals surface area contributed by atoms with Gasteiger partial charge in [0.2, 0.25) is 0 Å². The molecular weight excluding hydrogens is 420 g/mol. The first kappa shape index (κ1) is 22.6. The van der Waals surface area contributed by atoms with Crippen molar-refractivity contribution in [1.82, 2.24) is 14.9 Å². The van der Waals surface area contributed by atoms with Crippen molar-refractivity contribution in [2.24, 2.45) is 0 Å². The number of carbonyl (C=O) groups is 1. The van der Waals surface area contributed by atoms with Crippen molar-refractivity contribution in [2.45, 2.75) is 58.4 Å². The summed E-state index contributed by atoms with van der Waals surface area (Å²) in [6.07, 6.45) is 4.39. The molecule has 0 spiro atoms. The van der Waals surface area contributed by atoms with Crippen LogP contribution in [0.3, 0.4) is 0 Å². The van der Waals surface area contributed by atoms with Crippen LogP contribution in [0.25, 0.3) is 11.4 Å². The van der Waals surface area contributed by atoms with E-state index in [1.165, 1.54) is 24.8 Å². The van der Waals surface area contributed by atoms with E-state index in [0.717, 1.165) is 53.5 Å². The Morgan fingerprint density at radius 3 is 2.24 bits per heavy atom. The second kappa shape index (κ2) is 9.21. The Morgan fingerprint density at radius 1 is 0.853 bits per heavy atom. The number of rotatable bonds is 3. The van der Waals surface area contributed by atoms with Gasteiger partial charge in [-0.1, -0.05) is 63.2 Å². The average Bonchev–Trinajstić information content (AvgIpc) is 2.88. The molecule has 0 radical (unpaired) electrons. The third kappa shape index (κ3) is 4.56. The van der Waals surface area contributed by atoms with E-state index in [-0.39, 0.29) is 11.3 Å². The predicted octanol–water partition coefficient (Wildman–Crippen LogP) is 5.63. The first-order valence-electron chi connectivity index (χ1n) is 12.5. The van der Waals surface area contributed by atoms with Crippen molar-refractivity contribution >= 4 is 11.7 Å². The predicted molar refractivity (Wildman–Crippen MR) is 137 cm³/mol. The van der Waals surface area contributed by atoms with Crippen molar-refractivity contribution < 1.29 is 4.79 Å². The Hall–Kier alpha value is -3.21. The summed E-state index contributed by atoms with van der Waals surface area (Å²) in [5.41, 5.74) is 5.30. The Kier molecular flexibility index (Phi) is 6.11. The normalized spacial score (nSPS) is 16.3. The lowest BCUT2D eigenvalue weighted by molar-refractivity contribution is 0.0733. The summed E-state index contributed by atoms with van der Waals surface area (Å²) in [7, 11) is 0. The van der Waals surface area contributed by atoms with Crippen LogP contribution in [0.4, 0.5) is 5.82 Å². The van der Waals surface area contributed by atoms with Gasteiger partial charge in [0.1, 0.15) is 5.82 Å². The van der Waals surface area contributed by atoms with Crippen LogP contribution in [0, 0.1) is 0 Å². The number of hydrogen-bond donors (Lipinski definition) is 0. The molecular formula is C29H34N4O. The van der Waals surface area contributed by atoms with Crippen molar-refractivity contribution in [3.8, 4) is 11.4 Å². The zero-order chi connectivity index (χ0) is 23.7. The molecule has 1 fully saturated rings. The van der Waals surface area contributed by atoms with Crippen molar-refractivity contribution in [3.05, 3.63) is 77.0 Å². The monoisotopic (exact) mass is 454 g/mol. The number of anilines is 1. The molecule has 1 saturated heterocycles. The van der Waals surface area contributed by atoms with Gasteiger partial charge in [0.05, 0.1) is 12.2 Å². The number of aromatic nitrogens is 2. The van der Waals surface area contributed by atoms with Crippen LogP contribution in [0.1, 0.15) is 67.2 Å². The molecule has 0 atom stereocenters. The first-order chi connectivity index (χ1) is 16.4. The molecule has 5 heteroatoms. The number of piperidine rings is 1. The summed E-state index contributed by atoms with van der Waals surface area (Å²) >= 11 is 0. The molecule has 2 aliphatic rings. The molecule has 1 amide bonds. The van der Waals surface area contributed by atoms with Gasteiger partial charge in [-0.25, -0.2) is 9.97 Å². The summed E-state index contributed by atoms with van der Waals surface area (Å²) < 4.78 is 0. The molecule has 0 unspecified atom stereocenters. The van der Waals surface area contributed by atoms with Gasteiger partial charge in [-0.3, -0.25) is 4.79 Å². The molecule has 34 heavy (non-hydrogen) atoms. The Bertz CT molecular complexity index is 1160. The summed E-state index contributed by atoms with van der Waals surface area (Å²) in [6, 6.07) is 18.3. The van der Waals surface area contributed by atoms with Crippen LogP contribution >= 0.6 is 0 Å². The SMILES string of the molecule is CC(C)(C)c1ccc(C(=O)N2CCc3nc(-c4ccccc4)nc(N4CCCCC4)c3C2)cc1. The molecule has 2 aromatic carbocycles. The maximum atomic E-state index is 13.4. The third-order valence-corrected chi connectivity index (χ3v) is 7.01. The molecule has 176 valence electrons. The highest BCUT2D eigenvalue weighted by Gasteiger charge is 2.29. The highest BCUT2D eigenvalue weighted by molar-refractivity contribution is 5.94. The summed E-state index contributed by atoms with van der Waals surface area (Å²) in [5.74, 6) is 1.89. The molecule has 3 aromatic rings. The maximum absolute atomic E-state index is 13.4. The largest absolute Gasteiger partial charge is 0.356 e. The summed E-state index contributed by atoms with van der Waals surface area (Å²) in [5, 5.41) is 0. The molecule has 0 saturated carbocycles. The van der Waals surface area contributed by atoms with E-state index in [1.54, 1.807) is 0 Å². The lowest BCUT2D eigenvalue weighted by Crippen LogP contribution is -2.39. The first-order valence-corrected chi connectivity index (χ1v) is 12.5. The van der Waals surface area contributed by atoms with E-state index in [1.807, 2.05) is 35.2 Å². The number of carbonyl (C=O) groups excluding carboxylic acids is 1. The quantitative estimate of drug-likeness (QED) is 0.515. The summed E-state index contributed by atoms with van der Waals surface area (Å²) in [4.78, 5) is 27.8. The van der Waals surface area contributed by atoms with Gasteiger partial charge in [0, 0.05) is 42.7 Å². The molecule has 0 bridgehead atoms. The van der Waals surface area contributed by atoms with Gasteiger partial charge in [-0.15, -0.1) is 0 Å². The fraction of sp³-hybridized carbons (Fsp3) is 0.414. The Morgan fingerprint density at radius 2 is 1.56 bits per heavy atom. The molecule has 2 aliphatic heterocycles. The highest BCUT2D eigenvalue weighted by Crippen LogP contribution is 2.32. The molecule has 0 aliphatic carbocycles. The topological polar surface area (TPSA) is 49.3 Å². The lowest BCUT2D eigenvalue weighted by atomic mass is 9.86. The molecule has 0 N–H and O–H groups in total. The van der Waals surface area contributed by atoms with Gasteiger partial charge < -0.3 is 9.80 Å². The Labute approximate surface area is 202 Å². The van der Waals surface area contributed by atoms with Crippen molar-refractivity contribution in [2.75, 3.05) is 24.5 Å². The van der Waals surface area contributed by atoms with Crippen LogP contribution < -0.4 is 4.90 Å². The smallest absolute Gasteiger partial charge is 0.254 e. The van der Waals surface area contributed by atoms with Crippen molar-refractivity contribution in [3.63, 3.8) is 0 Å². The lowest BCUT2D eigenvalue weighted by Gasteiger charge is -2.34. The van der Waals surface area contributed by atoms with Gasteiger partial charge in [0.15, 0.2) is 5.82 Å². The van der Waals surface area contributed by atoms with E-state index in [9.17, 15) is 4.79 Å². The van der Waals surface area contributed by atoms with E-state index in [2.05, 4.69) is 49.9 Å². The maximum Gasteiger partial charge on any atom is 0.254 e. The zero-order valence-electron chi connectivity index (χ0n) is 20.6. The minimum Gasteiger partial charge on any atom is -0.356 e. The minimum absolute atomic E-state index is 0.0722. The second-order valence-electron chi connectivity index (χ2n) is 10.5. The van der Waals surface area contributed by atoms with Crippen LogP contribution in [0.2, 0.25) is 0 Å². The van der Waals surface area contributed by atoms with Gasteiger partial charge in [-0.2, -0.15) is 0 Å². The van der Waals surface area contributed by atoms with E-state index in [0.29, 0.717) is 13.1 Å². The molecule has 1 aromatic heterocycles. The number of nitrogens with zero attached hydrogens (tertiary/aromatic N) is 4. The van der Waals surface area contributed by atoms with Crippen LogP contribution in [0.5, 0.6) is 0 Å². The second-order valence-corrected chi connectivity index (χ2v) is 10.5. The number of fused-ring (bicyclic) bond motifs is 1. The third-order valence-electron chi connectivity index (χ3n) is 7.01. The van der Waals surface area contributed by atoms with Gasteiger partial charge >= 0.3 is 0 Å². The number of hydrogen-bond acceptors (Lipinski definition) is 4. The number of amides is 1. The van der Waals surface area contributed by atoms with Crippen molar-refractivity contribution in [1.29, 1.82) is 0 Å². The van der Waals surface area contributed by atoms with E-state index < -0.39 is 0 Å². The molecule has 3 heterocycles. The van der Waals surface area contributed by atoms with Crippen LogP contribution in [-0.2, 0) is 18.4 Å². The fourth-order valence-electron chi connectivity index (χ4n) is 4.95. The van der Waals surface area contributed by atoms with Crippen LogP contribution in [0.15, 0.2) is 54.6 Å². The highest BCUT2D eigenvalue weighted by atomic mass is 16.2. The zero-order valence-corrected chi connectivity index (χ0v) is 20.6. The average molecular weight is 455 g/mol. The van der Waals surface area contributed by atoms with E-state index >= 15 is 0 Å². The Balaban J connectivity index is 1.46. The molecule has 5 nitrogen and oxygen atoms in total. The minimum atomic E-state index is 0.0722. The number of benzene rings is 2. The van der Waals surface area contributed by atoms with Gasteiger partial charge in [0.25, 0.3) is 5.91 Å². The fourth-order valence-corrected chi connectivity index (χ4v) is 4.95. The molecule has 5 rings (SSSR count). The van der Waals surface area contributed by atoms with Gasteiger partial charge in [-0.05, 0) is 42.4 Å². The van der Waals surface area contributed by atoms with E-state index in [4.69, 9.17) is 9.97 Å². The van der Waals surface area contributed by atoms with Crippen LogP contribution in [-0.4, -0.2) is 40.4 Å². The summed E-state index contributed by atoms with van der Waals surface area (Å²) in [6.45, 7) is 9.85. The standard InChI is InChI=1S/C29H34N4O/c1-29(2,3)23-14-12-22(13-15-23)28(34)33-19-16-25-24(20-33)27(32-17-8-5-9-18-32)31-26(30-25)21-10-6-4-7-11-21/h4,6-7,10-15H,5,8-9,16-20H2,1-3H3.